The minimum absolute atomic E-state index is 0.000392. The molecule has 0 radical (unpaired) electrons. The maximum atomic E-state index is 5.67. The smallest absolute Gasteiger partial charge is 0.170 e. The van der Waals surface area contributed by atoms with Crippen LogP contribution in [-0.2, 0) is 16.0 Å². The predicted octanol–water partition coefficient (Wildman–Crippen LogP) is 2.49. The highest BCUT2D eigenvalue weighted by atomic mass is 16.7. The fourth-order valence-corrected chi connectivity index (χ4v) is 4.52. The molecule has 4 nitrogen and oxygen atoms in total. The minimum Gasteiger partial charge on any atom is -0.349 e. The zero-order chi connectivity index (χ0) is 15.5. The molecule has 23 heavy (non-hydrogen) atoms. The summed E-state index contributed by atoms with van der Waals surface area (Å²) in [5.41, 5.74) is 1.44. The van der Waals surface area contributed by atoms with Gasteiger partial charge in [-0.1, -0.05) is 30.3 Å². The van der Waals surface area contributed by atoms with E-state index in [1.54, 1.807) is 0 Å². The van der Waals surface area contributed by atoms with E-state index in [2.05, 4.69) is 40.1 Å². The van der Waals surface area contributed by atoms with Gasteiger partial charge in [0.15, 0.2) is 6.29 Å². The van der Waals surface area contributed by atoms with Crippen LogP contribution in [0.3, 0.4) is 0 Å². The molecular weight excluding hydrogens is 288 g/mol. The molecule has 3 fully saturated rings. The summed E-state index contributed by atoms with van der Waals surface area (Å²) in [6.45, 7) is 5.98. The fraction of sp³-hybridized carbons (Fsp3) is 0.684. The van der Waals surface area contributed by atoms with Crippen molar-refractivity contribution >= 4 is 0 Å². The van der Waals surface area contributed by atoms with Crippen molar-refractivity contribution in [3.8, 4) is 0 Å². The van der Waals surface area contributed by atoms with Gasteiger partial charge < -0.3 is 9.47 Å². The van der Waals surface area contributed by atoms with Crippen LogP contribution in [0.2, 0.25) is 0 Å². The van der Waals surface area contributed by atoms with Gasteiger partial charge in [-0.05, 0) is 44.3 Å². The highest BCUT2D eigenvalue weighted by molar-refractivity contribution is 5.15. The first-order valence-electron chi connectivity index (χ1n) is 9.15. The van der Waals surface area contributed by atoms with Gasteiger partial charge in [0.25, 0.3) is 0 Å². The van der Waals surface area contributed by atoms with Crippen LogP contribution in [0.4, 0.5) is 0 Å². The molecule has 0 aliphatic carbocycles. The fourth-order valence-electron chi connectivity index (χ4n) is 4.52. The van der Waals surface area contributed by atoms with Crippen LogP contribution in [0.5, 0.6) is 0 Å². The number of rotatable bonds is 5. The summed E-state index contributed by atoms with van der Waals surface area (Å²) in [4.78, 5) is 5.33. The van der Waals surface area contributed by atoms with Crippen LogP contribution < -0.4 is 0 Å². The third-order valence-corrected chi connectivity index (χ3v) is 5.58. The molecule has 4 heteroatoms. The molecule has 0 bridgehead atoms. The molecule has 3 heterocycles. The summed E-state index contributed by atoms with van der Waals surface area (Å²) in [6.07, 6.45) is 5.30. The van der Waals surface area contributed by atoms with Gasteiger partial charge in [0, 0.05) is 25.2 Å². The summed E-state index contributed by atoms with van der Waals surface area (Å²) in [7, 11) is 0. The Kier molecular flexibility index (Phi) is 4.95. The summed E-state index contributed by atoms with van der Waals surface area (Å²) in [5.74, 6) is 0. The van der Waals surface area contributed by atoms with Crippen LogP contribution >= 0.6 is 0 Å². The third kappa shape index (κ3) is 3.61. The van der Waals surface area contributed by atoms with Crippen LogP contribution in [0, 0.1) is 0 Å². The Labute approximate surface area is 139 Å². The second-order valence-corrected chi connectivity index (χ2v) is 7.04. The second-order valence-electron chi connectivity index (χ2n) is 7.04. The molecule has 126 valence electrons. The number of hydrogen-bond acceptors (Lipinski definition) is 4. The molecule has 1 aromatic rings. The zero-order valence-electron chi connectivity index (χ0n) is 13.9. The summed E-state index contributed by atoms with van der Waals surface area (Å²) in [6, 6.07) is 12.3. The van der Waals surface area contributed by atoms with E-state index in [1.165, 1.54) is 44.3 Å². The van der Waals surface area contributed by atoms with Crippen molar-refractivity contribution in [2.45, 2.75) is 50.6 Å². The van der Waals surface area contributed by atoms with Crippen molar-refractivity contribution in [3.63, 3.8) is 0 Å². The largest absolute Gasteiger partial charge is 0.349 e. The van der Waals surface area contributed by atoms with Gasteiger partial charge in [0.1, 0.15) is 0 Å². The van der Waals surface area contributed by atoms with Crippen LogP contribution in [0.1, 0.15) is 31.2 Å². The zero-order valence-corrected chi connectivity index (χ0v) is 13.9. The molecule has 2 atom stereocenters. The van der Waals surface area contributed by atoms with E-state index in [-0.39, 0.29) is 6.29 Å². The molecule has 3 aliphatic heterocycles. The van der Waals surface area contributed by atoms with Crippen LogP contribution in [-0.4, -0.2) is 61.0 Å². The normalized spacial score (nSPS) is 30.4. The van der Waals surface area contributed by atoms with Gasteiger partial charge in [-0.3, -0.25) is 9.80 Å². The van der Waals surface area contributed by atoms with E-state index in [9.17, 15) is 0 Å². The van der Waals surface area contributed by atoms with Crippen molar-refractivity contribution in [2.75, 3.05) is 32.8 Å². The topological polar surface area (TPSA) is 24.9 Å². The van der Waals surface area contributed by atoms with Crippen LogP contribution in [0.25, 0.3) is 0 Å². The standard InChI is InChI=1S/C19H28N2O2/c1-2-6-16(7-3-1)14-20-10-4-8-17(20)18-9-5-11-21(18)15-19-22-12-13-23-19/h1-3,6-7,17-19H,4-5,8-15H2/t17-,18-/m1/s1. The average molecular weight is 316 g/mol. The van der Waals surface area contributed by atoms with Crippen LogP contribution in [0.15, 0.2) is 30.3 Å². The summed E-state index contributed by atoms with van der Waals surface area (Å²) in [5, 5.41) is 0. The van der Waals surface area contributed by atoms with E-state index >= 15 is 0 Å². The number of hydrogen-bond donors (Lipinski definition) is 0. The van der Waals surface area contributed by atoms with E-state index < -0.39 is 0 Å². The second kappa shape index (κ2) is 7.31. The Morgan fingerprint density at radius 2 is 1.52 bits per heavy atom. The lowest BCUT2D eigenvalue weighted by atomic mass is 10.0. The molecular formula is C19H28N2O2. The maximum absolute atomic E-state index is 5.67. The van der Waals surface area contributed by atoms with Crippen molar-refractivity contribution in [1.29, 1.82) is 0 Å². The molecule has 0 unspecified atom stereocenters. The first kappa shape index (κ1) is 15.6. The lowest BCUT2D eigenvalue weighted by Gasteiger charge is -2.35. The van der Waals surface area contributed by atoms with Gasteiger partial charge in [0.05, 0.1) is 13.2 Å². The molecule has 1 aromatic carbocycles. The molecule has 0 N–H and O–H groups in total. The van der Waals surface area contributed by atoms with Gasteiger partial charge in [-0.25, -0.2) is 0 Å². The minimum atomic E-state index is -0.000392. The monoisotopic (exact) mass is 316 g/mol. The average Bonchev–Trinajstić information content (AvgIpc) is 3.31. The van der Waals surface area contributed by atoms with Crippen molar-refractivity contribution < 1.29 is 9.47 Å². The van der Waals surface area contributed by atoms with Gasteiger partial charge >= 0.3 is 0 Å². The van der Waals surface area contributed by atoms with Crippen molar-refractivity contribution in [3.05, 3.63) is 35.9 Å². The molecule has 0 aromatic heterocycles. The quantitative estimate of drug-likeness (QED) is 0.833. The molecule has 0 saturated carbocycles. The Morgan fingerprint density at radius 3 is 2.26 bits per heavy atom. The lowest BCUT2D eigenvalue weighted by molar-refractivity contribution is -0.0678. The molecule has 0 spiro atoms. The Balaban J connectivity index is 1.40. The first-order valence-corrected chi connectivity index (χ1v) is 9.15. The van der Waals surface area contributed by atoms with Gasteiger partial charge in [-0.2, -0.15) is 0 Å². The number of ether oxygens (including phenoxy) is 2. The van der Waals surface area contributed by atoms with E-state index in [1.807, 2.05) is 0 Å². The predicted molar refractivity (Wildman–Crippen MR) is 90.2 cm³/mol. The first-order chi connectivity index (χ1) is 11.4. The van der Waals surface area contributed by atoms with Crippen molar-refractivity contribution in [1.82, 2.24) is 9.80 Å². The van der Waals surface area contributed by atoms with Gasteiger partial charge in [-0.15, -0.1) is 0 Å². The van der Waals surface area contributed by atoms with E-state index in [0.717, 1.165) is 26.3 Å². The SMILES string of the molecule is c1ccc(CN2CCC[C@@H]2[C@H]2CCCN2CC2OCCO2)cc1. The Hall–Kier alpha value is -0.940. The number of benzene rings is 1. The highest BCUT2D eigenvalue weighted by Gasteiger charge is 2.38. The van der Waals surface area contributed by atoms with Crippen molar-refractivity contribution in [2.24, 2.45) is 0 Å². The lowest BCUT2D eigenvalue weighted by Crippen LogP contribution is -2.48. The highest BCUT2D eigenvalue weighted by Crippen LogP contribution is 2.31. The maximum Gasteiger partial charge on any atom is 0.170 e. The molecule has 3 saturated heterocycles. The molecule has 3 aliphatic rings. The Morgan fingerprint density at radius 1 is 0.870 bits per heavy atom. The summed E-state index contributed by atoms with van der Waals surface area (Å²) < 4.78 is 11.3. The Bertz CT molecular complexity index is 489. The number of nitrogens with zero attached hydrogens (tertiary/aromatic N) is 2. The third-order valence-electron chi connectivity index (χ3n) is 5.58. The summed E-state index contributed by atoms with van der Waals surface area (Å²) >= 11 is 0. The van der Waals surface area contributed by atoms with E-state index in [0.29, 0.717) is 12.1 Å². The number of likely N-dealkylation sites (tertiary alicyclic amines) is 2. The van der Waals surface area contributed by atoms with Gasteiger partial charge in [0.2, 0.25) is 0 Å². The molecule has 4 rings (SSSR count). The molecule has 0 amide bonds. The van der Waals surface area contributed by atoms with E-state index in [4.69, 9.17) is 9.47 Å².